The van der Waals surface area contributed by atoms with Crippen LogP contribution in [0.25, 0.3) is 0 Å². The molecule has 1 saturated heterocycles. The summed E-state index contributed by atoms with van der Waals surface area (Å²) in [6, 6.07) is 15.5. The third-order valence-electron chi connectivity index (χ3n) is 5.29. The van der Waals surface area contributed by atoms with Gasteiger partial charge in [-0.05, 0) is 72.2 Å². The van der Waals surface area contributed by atoms with Gasteiger partial charge in [0, 0.05) is 9.99 Å². The Morgan fingerprint density at radius 1 is 1.11 bits per heavy atom. The van der Waals surface area contributed by atoms with Gasteiger partial charge in [-0.1, -0.05) is 29.8 Å². The van der Waals surface area contributed by atoms with E-state index in [0.717, 1.165) is 48.9 Å². The molecule has 0 radical (unpaired) electrons. The maximum absolute atomic E-state index is 12.6. The minimum Gasteiger partial charge on any atom is -0.324 e. The summed E-state index contributed by atoms with van der Waals surface area (Å²) >= 11 is 2.32. The number of benzene rings is 2. The normalized spacial score (nSPS) is 23.3. The molecule has 3 rings (SSSR count). The van der Waals surface area contributed by atoms with Crippen molar-refractivity contribution in [1.29, 1.82) is 0 Å². The molecule has 0 aromatic heterocycles. The molecule has 1 fully saturated rings. The summed E-state index contributed by atoms with van der Waals surface area (Å²) in [5.74, 6) is 0. The molecule has 2 atom stereocenters. The molecule has 0 saturated carbocycles. The fraction of sp³-hybridized carbons (Fsp3) is 0.429. The summed E-state index contributed by atoms with van der Waals surface area (Å²) in [6.07, 6.45) is 2.51. The van der Waals surface area contributed by atoms with E-state index < -0.39 is 10.1 Å². The van der Waals surface area contributed by atoms with E-state index in [9.17, 15) is 8.42 Å². The van der Waals surface area contributed by atoms with Crippen LogP contribution in [0.4, 0.5) is 0 Å². The van der Waals surface area contributed by atoms with E-state index in [1.165, 1.54) is 9.13 Å². The van der Waals surface area contributed by atoms with E-state index in [-0.39, 0.29) is 11.0 Å². The molecular formula is C21H27INO3S+. The molecule has 27 heavy (non-hydrogen) atoms. The molecule has 1 aliphatic heterocycles. The molecular weight excluding hydrogens is 473 g/mol. The molecule has 1 heterocycles. The Balaban J connectivity index is 1.62. The Bertz CT molecular complexity index is 865. The zero-order valence-corrected chi connectivity index (χ0v) is 18.9. The monoisotopic (exact) mass is 500 g/mol. The molecule has 2 unspecified atom stereocenters. The number of piperidine rings is 1. The lowest BCUT2D eigenvalue weighted by Gasteiger charge is -2.41. The number of likely N-dealkylation sites (N-methyl/N-ethyl adjacent to an activating group) is 1. The molecule has 0 N–H and O–H groups in total. The summed E-state index contributed by atoms with van der Waals surface area (Å²) in [7, 11) is -1.50. The number of halogens is 1. The molecule has 0 aliphatic carbocycles. The molecule has 2 aromatic carbocycles. The Labute approximate surface area is 176 Å². The van der Waals surface area contributed by atoms with Gasteiger partial charge in [0.2, 0.25) is 0 Å². The Hall–Kier alpha value is -0.960. The van der Waals surface area contributed by atoms with Gasteiger partial charge in [0.05, 0.1) is 25.0 Å². The molecule has 146 valence electrons. The first kappa shape index (κ1) is 20.8. The molecule has 0 spiro atoms. The third kappa shape index (κ3) is 5.76. The van der Waals surface area contributed by atoms with Gasteiger partial charge >= 0.3 is 0 Å². The van der Waals surface area contributed by atoms with Gasteiger partial charge in [-0.25, -0.2) is 0 Å². The van der Waals surface area contributed by atoms with Crippen LogP contribution in [0, 0.1) is 10.5 Å². The highest BCUT2D eigenvalue weighted by atomic mass is 127. The van der Waals surface area contributed by atoms with Crippen LogP contribution in [0.15, 0.2) is 53.4 Å². The quantitative estimate of drug-likeness (QED) is 0.340. The van der Waals surface area contributed by atoms with Crippen molar-refractivity contribution in [3.05, 3.63) is 63.2 Å². The van der Waals surface area contributed by atoms with Gasteiger partial charge in [0.1, 0.15) is 12.6 Å². The first-order valence-electron chi connectivity index (χ1n) is 9.34. The number of rotatable bonds is 6. The first-order valence-corrected chi connectivity index (χ1v) is 11.8. The lowest BCUT2D eigenvalue weighted by Crippen LogP contribution is -2.54. The van der Waals surface area contributed by atoms with E-state index >= 15 is 0 Å². The number of hydrogen-bond donors (Lipinski definition) is 0. The number of hydrogen-bond acceptors (Lipinski definition) is 3. The van der Waals surface area contributed by atoms with Gasteiger partial charge in [0.25, 0.3) is 10.1 Å². The maximum atomic E-state index is 12.6. The largest absolute Gasteiger partial charge is 0.324 e. The second kappa shape index (κ2) is 8.59. The minimum atomic E-state index is -3.71. The topological polar surface area (TPSA) is 43.4 Å². The highest BCUT2D eigenvalue weighted by Crippen LogP contribution is 2.24. The van der Waals surface area contributed by atoms with Crippen molar-refractivity contribution < 1.29 is 17.1 Å². The van der Waals surface area contributed by atoms with Crippen LogP contribution in [0.3, 0.4) is 0 Å². The van der Waals surface area contributed by atoms with Crippen molar-refractivity contribution in [2.75, 3.05) is 26.7 Å². The highest BCUT2D eigenvalue weighted by molar-refractivity contribution is 14.1. The van der Waals surface area contributed by atoms with Crippen LogP contribution in [-0.2, 0) is 20.7 Å². The Morgan fingerprint density at radius 2 is 1.78 bits per heavy atom. The second-order valence-electron chi connectivity index (χ2n) is 7.75. The van der Waals surface area contributed by atoms with Crippen molar-refractivity contribution in [2.24, 2.45) is 0 Å². The molecule has 0 bridgehead atoms. The summed E-state index contributed by atoms with van der Waals surface area (Å²) in [5, 5.41) is 0. The van der Waals surface area contributed by atoms with Crippen molar-refractivity contribution in [1.82, 2.24) is 0 Å². The third-order valence-corrected chi connectivity index (χ3v) is 7.39. The lowest BCUT2D eigenvalue weighted by molar-refractivity contribution is -0.916. The van der Waals surface area contributed by atoms with Crippen molar-refractivity contribution in [2.45, 2.75) is 37.2 Å². The fourth-order valence-electron chi connectivity index (χ4n) is 3.65. The van der Waals surface area contributed by atoms with E-state index in [2.05, 4.69) is 53.9 Å². The summed E-state index contributed by atoms with van der Waals surface area (Å²) in [5.41, 5.74) is 2.36. The Morgan fingerprint density at radius 3 is 2.44 bits per heavy atom. The van der Waals surface area contributed by atoms with E-state index in [4.69, 9.17) is 4.18 Å². The average molecular weight is 500 g/mol. The number of likely N-dealkylation sites (tertiary alicyclic amines) is 1. The van der Waals surface area contributed by atoms with Crippen molar-refractivity contribution in [3.63, 3.8) is 0 Å². The van der Waals surface area contributed by atoms with Crippen LogP contribution in [0.5, 0.6) is 0 Å². The predicted molar refractivity (Wildman–Crippen MR) is 116 cm³/mol. The minimum absolute atomic E-state index is 0.242. The SMILES string of the molecule is Cc1ccc(S(=O)(=O)OC2CCC[N+](C)(CCc3ccc(I)cc3)C2)cc1. The average Bonchev–Trinajstić information content (AvgIpc) is 2.61. The van der Waals surface area contributed by atoms with Crippen molar-refractivity contribution in [3.8, 4) is 0 Å². The van der Waals surface area contributed by atoms with E-state index in [1.807, 2.05) is 6.92 Å². The summed E-state index contributed by atoms with van der Waals surface area (Å²) in [4.78, 5) is 0.242. The molecule has 0 amide bonds. The van der Waals surface area contributed by atoms with Gasteiger partial charge in [-0.15, -0.1) is 0 Å². The number of nitrogens with zero attached hydrogens (tertiary/aromatic N) is 1. The van der Waals surface area contributed by atoms with Crippen LogP contribution < -0.4 is 0 Å². The highest BCUT2D eigenvalue weighted by Gasteiger charge is 2.34. The lowest BCUT2D eigenvalue weighted by atomic mass is 10.0. The summed E-state index contributed by atoms with van der Waals surface area (Å²) < 4.78 is 32.9. The van der Waals surface area contributed by atoms with E-state index in [1.54, 1.807) is 24.3 Å². The van der Waals surface area contributed by atoms with Crippen molar-refractivity contribution >= 4 is 32.7 Å². The smallest absolute Gasteiger partial charge is 0.297 e. The molecule has 1 aliphatic rings. The van der Waals surface area contributed by atoms with Gasteiger partial charge in [-0.2, -0.15) is 8.42 Å². The van der Waals surface area contributed by atoms with Gasteiger partial charge < -0.3 is 4.48 Å². The summed E-state index contributed by atoms with van der Waals surface area (Å²) in [6.45, 7) is 4.73. The van der Waals surface area contributed by atoms with E-state index in [0.29, 0.717) is 0 Å². The Kier molecular flexibility index (Phi) is 6.61. The van der Waals surface area contributed by atoms with Crippen LogP contribution in [0.1, 0.15) is 24.0 Å². The fourth-order valence-corrected chi connectivity index (χ4v) is 5.10. The number of quaternary nitrogens is 1. The predicted octanol–water partition coefficient (Wildman–Crippen LogP) is 4.16. The number of aryl methyl sites for hydroxylation is 1. The first-order chi connectivity index (χ1) is 12.8. The maximum Gasteiger partial charge on any atom is 0.297 e. The zero-order chi connectivity index (χ0) is 19.5. The van der Waals surface area contributed by atoms with Crippen LogP contribution >= 0.6 is 22.6 Å². The molecule has 2 aromatic rings. The van der Waals surface area contributed by atoms with Crippen LogP contribution in [0.2, 0.25) is 0 Å². The second-order valence-corrected chi connectivity index (χ2v) is 10.6. The standard InChI is InChI=1S/C21H27INO3S/c1-17-5-11-21(12-6-17)27(24,25)26-20-4-3-14-23(2,16-20)15-13-18-7-9-19(22)10-8-18/h5-12,20H,3-4,13-16H2,1-2H3/q+1. The van der Waals surface area contributed by atoms with Gasteiger partial charge in [-0.3, -0.25) is 4.18 Å². The molecule has 4 nitrogen and oxygen atoms in total. The molecule has 6 heteroatoms. The van der Waals surface area contributed by atoms with Crippen LogP contribution in [-0.4, -0.2) is 45.7 Å². The van der Waals surface area contributed by atoms with Gasteiger partial charge in [0.15, 0.2) is 0 Å². The zero-order valence-electron chi connectivity index (χ0n) is 15.9.